The monoisotopic (exact) mass is 134 g/mol. The van der Waals surface area contributed by atoms with Gasteiger partial charge < -0.3 is 0 Å². The SMILES string of the molecule is C=Cc1cn[nH]c1C=CC. The minimum atomic E-state index is 1.01. The van der Waals surface area contributed by atoms with Crippen LogP contribution in [0.4, 0.5) is 0 Å². The third-order valence-electron chi connectivity index (χ3n) is 1.25. The fourth-order valence-electron chi connectivity index (χ4n) is 0.768. The summed E-state index contributed by atoms with van der Waals surface area (Å²) in [5.74, 6) is 0. The third kappa shape index (κ3) is 1.16. The lowest BCUT2D eigenvalue weighted by atomic mass is 10.2. The van der Waals surface area contributed by atoms with Gasteiger partial charge in [0, 0.05) is 5.56 Å². The van der Waals surface area contributed by atoms with Crippen molar-refractivity contribution in [2.24, 2.45) is 0 Å². The first-order valence-corrected chi connectivity index (χ1v) is 3.17. The van der Waals surface area contributed by atoms with Crippen molar-refractivity contribution >= 4 is 12.2 Å². The Bertz CT molecular complexity index is 246. The van der Waals surface area contributed by atoms with E-state index in [1.165, 1.54) is 0 Å². The fourth-order valence-corrected chi connectivity index (χ4v) is 0.768. The molecule has 0 radical (unpaired) electrons. The molecule has 0 unspecified atom stereocenters. The van der Waals surface area contributed by atoms with Crippen LogP contribution >= 0.6 is 0 Å². The van der Waals surface area contributed by atoms with Gasteiger partial charge in [-0.2, -0.15) is 5.10 Å². The maximum absolute atomic E-state index is 3.86. The number of nitrogens with zero attached hydrogens (tertiary/aromatic N) is 1. The Kier molecular flexibility index (Phi) is 2.05. The van der Waals surface area contributed by atoms with Crippen LogP contribution < -0.4 is 0 Å². The first-order chi connectivity index (χ1) is 4.88. The summed E-state index contributed by atoms with van der Waals surface area (Å²) in [6.07, 6.45) is 7.45. The van der Waals surface area contributed by atoms with Crippen molar-refractivity contribution in [2.45, 2.75) is 6.92 Å². The highest BCUT2D eigenvalue weighted by molar-refractivity contribution is 5.60. The minimum Gasteiger partial charge on any atom is -0.278 e. The molecule has 1 aromatic rings. The van der Waals surface area contributed by atoms with Gasteiger partial charge in [-0.3, -0.25) is 5.10 Å². The van der Waals surface area contributed by atoms with Gasteiger partial charge in [-0.25, -0.2) is 0 Å². The van der Waals surface area contributed by atoms with Crippen LogP contribution in [0.1, 0.15) is 18.2 Å². The van der Waals surface area contributed by atoms with E-state index in [0.717, 1.165) is 11.3 Å². The molecule has 0 saturated carbocycles. The van der Waals surface area contributed by atoms with Gasteiger partial charge in [-0.1, -0.05) is 18.7 Å². The van der Waals surface area contributed by atoms with Crippen LogP contribution in [0.5, 0.6) is 0 Å². The van der Waals surface area contributed by atoms with Crippen LogP contribution in [0.2, 0.25) is 0 Å². The number of aromatic nitrogens is 2. The second-order valence-electron chi connectivity index (χ2n) is 1.94. The zero-order valence-electron chi connectivity index (χ0n) is 5.96. The molecule has 10 heavy (non-hydrogen) atoms. The van der Waals surface area contributed by atoms with E-state index in [4.69, 9.17) is 0 Å². The quantitative estimate of drug-likeness (QED) is 0.659. The molecule has 1 rings (SSSR count). The average Bonchev–Trinajstić information content (AvgIpc) is 2.36. The van der Waals surface area contributed by atoms with Crippen molar-refractivity contribution < 1.29 is 0 Å². The largest absolute Gasteiger partial charge is 0.278 e. The molecule has 0 aromatic carbocycles. The highest BCUT2D eigenvalue weighted by Crippen LogP contribution is 2.06. The van der Waals surface area contributed by atoms with Crippen molar-refractivity contribution in [1.29, 1.82) is 0 Å². The summed E-state index contributed by atoms with van der Waals surface area (Å²) >= 11 is 0. The summed E-state index contributed by atoms with van der Waals surface area (Å²) < 4.78 is 0. The van der Waals surface area contributed by atoms with Crippen molar-refractivity contribution in [3.63, 3.8) is 0 Å². The Morgan fingerprint density at radius 1 is 1.70 bits per heavy atom. The first-order valence-electron chi connectivity index (χ1n) is 3.17. The predicted molar refractivity (Wildman–Crippen MR) is 43.4 cm³/mol. The summed E-state index contributed by atoms with van der Waals surface area (Å²) in [7, 11) is 0. The molecule has 52 valence electrons. The number of nitrogens with one attached hydrogen (secondary N) is 1. The van der Waals surface area contributed by atoms with E-state index >= 15 is 0 Å². The van der Waals surface area contributed by atoms with E-state index < -0.39 is 0 Å². The van der Waals surface area contributed by atoms with Gasteiger partial charge in [0.1, 0.15) is 0 Å². The van der Waals surface area contributed by atoms with Crippen LogP contribution in [0.15, 0.2) is 18.9 Å². The van der Waals surface area contributed by atoms with Crippen LogP contribution in [-0.4, -0.2) is 10.2 Å². The van der Waals surface area contributed by atoms with Crippen LogP contribution in [0.3, 0.4) is 0 Å². The van der Waals surface area contributed by atoms with Gasteiger partial charge in [0.2, 0.25) is 0 Å². The second-order valence-corrected chi connectivity index (χ2v) is 1.94. The topological polar surface area (TPSA) is 28.7 Å². The third-order valence-corrected chi connectivity index (χ3v) is 1.25. The first kappa shape index (κ1) is 6.81. The minimum absolute atomic E-state index is 1.01. The fraction of sp³-hybridized carbons (Fsp3) is 0.125. The van der Waals surface area contributed by atoms with E-state index in [1.54, 1.807) is 12.3 Å². The number of hydrogen-bond acceptors (Lipinski definition) is 1. The summed E-state index contributed by atoms with van der Waals surface area (Å²) in [5.41, 5.74) is 2.05. The summed E-state index contributed by atoms with van der Waals surface area (Å²) in [5, 5.41) is 6.71. The van der Waals surface area contributed by atoms with Crippen LogP contribution in [0.25, 0.3) is 12.2 Å². The van der Waals surface area contributed by atoms with E-state index in [9.17, 15) is 0 Å². The smallest absolute Gasteiger partial charge is 0.0646 e. The highest BCUT2D eigenvalue weighted by atomic mass is 15.1. The molecule has 2 heteroatoms. The van der Waals surface area contributed by atoms with Gasteiger partial charge in [0.25, 0.3) is 0 Å². The molecule has 0 atom stereocenters. The lowest BCUT2D eigenvalue weighted by Crippen LogP contribution is -1.73. The molecule has 0 bridgehead atoms. The van der Waals surface area contributed by atoms with Gasteiger partial charge in [0.15, 0.2) is 0 Å². The zero-order valence-corrected chi connectivity index (χ0v) is 5.96. The lowest BCUT2D eigenvalue weighted by molar-refractivity contribution is 1.08. The second kappa shape index (κ2) is 3.01. The van der Waals surface area contributed by atoms with Gasteiger partial charge in [-0.15, -0.1) is 0 Å². The highest BCUT2D eigenvalue weighted by Gasteiger charge is 1.93. The van der Waals surface area contributed by atoms with Gasteiger partial charge >= 0.3 is 0 Å². The molecule has 0 spiro atoms. The molecular formula is C8H10N2. The molecule has 2 nitrogen and oxygen atoms in total. The maximum atomic E-state index is 3.86. The number of allylic oxidation sites excluding steroid dienone is 1. The van der Waals surface area contributed by atoms with E-state index in [-0.39, 0.29) is 0 Å². The lowest BCUT2D eigenvalue weighted by Gasteiger charge is -1.85. The Morgan fingerprint density at radius 3 is 3.10 bits per heavy atom. The van der Waals surface area contributed by atoms with Crippen LogP contribution in [0, 0.1) is 0 Å². The molecule has 1 heterocycles. The number of H-pyrrole nitrogens is 1. The predicted octanol–water partition coefficient (Wildman–Crippen LogP) is 2.09. The summed E-state index contributed by atoms with van der Waals surface area (Å²) in [6, 6.07) is 0. The van der Waals surface area contributed by atoms with Crippen molar-refractivity contribution in [2.75, 3.05) is 0 Å². The summed E-state index contributed by atoms with van der Waals surface area (Å²) in [6.45, 7) is 5.62. The molecule has 0 amide bonds. The van der Waals surface area contributed by atoms with E-state index in [1.807, 2.05) is 19.1 Å². The molecule has 0 saturated heterocycles. The molecule has 0 aliphatic carbocycles. The van der Waals surface area contributed by atoms with Gasteiger partial charge in [0.05, 0.1) is 11.9 Å². The van der Waals surface area contributed by atoms with Crippen LogP contribution in [-0.2, 0) is 0 Å². The molecule has 0 aliphatic rings. The Morgan fingerprint density at radius 2 is 2.50 bits per heavy atom. The Balaban J connectivity index is 3.00. The molecule has 0 aliphatic heterocycles. The van der Waals surface area contributed by atoms with E-state index in [2.05, 4.69) is 16.8 Å². The zero-order chi connectivity index (χ0) is 7.40. The maximum Gasteiger partial charge on any atom is 0.0646 e. The van der Waals surface area contributed by atoms with Crippen molar-refractivity contribution in [3.8, 4) is 0 Å². The number of hydrogen-bond donors (Lipinski definition) is 1. The number of rotatable bonds is 2. The normalized spacial score (nSPS) is 10.5. The standard InChI is InChI=1S/C8H10N2/c1-3-5-8-7(4-2)6-9-10-8/h3-6H,2H2,1H3,(H,9,10). The molecule has 1 N–H and O–H groups in total. The van der Waals surface area contributed by atoms with E-state index in [0.29, 0.717) is 0 Å². The Labute approximate surface area is 60.3 Å². The molecule has 0 fully saturated rings. The molecule has 1 aromatic heterocycles. The van der Waals surface area contributed by atoms with Gasteiger partial charge in [-0.05, 0) is 13.0 Å². The summed E-state index contributed by atoms with van der Waals surface area (Å²) in [4.78, 5) is 0. The average molecular weight is 134 g/mol. The van der Waals surface area contributed by atoms with Crippen molar-refractivity contribution in [3.05, 3.63) is 30.1 Å². The Hall–Kier alpha value is -1.31. The number of aromatic amines is 1. The molecular weight excluding hydrogens is 124 g/mol. The van der Waals surface area contributed by atoms with Crippen molar-refractivity contribution in [1.82, 2.24) is 10.2 Å².